The van der Waals surface area contributed by atoms with Gasteiger partial charge in [-0.1, -0.05) is 24.9 Å². The Morgan fingerprint density at radius 1 is 1.14 bits per heavy atom. The molecule has 1 aromatic rings. The first-order valence-corrected chi connectivity index (χ1v) is 11.9. The highest BCUT2D eigenvalue weighted by atomic mass is 35.5. The summed E-state index contributed by atoms with van der Waals surface area (Å²) in [5.41, 5.74) is 0.0600. The fraction of sp³-hybridized carbons (Fsp3) is 0.600. The summed E-state index contributed by atoms with van der Waals surface area (Å²) in [6.07, 6.45) is 4.62. The number of benzene rings is 1. The van der Waals surface area contributed by atoms with Gasteiger partial charge >= 0.3 is 5.97 Å². The molecule has 2 heterocycles. The molecule has 0 bridgehead atoms. The summed E-state index contributed by atoms with van der Waals surface area (Å²) in [6, 6.07) is 4.03. The monoisotopic (exact) mass is 442 g/mol. The zero-order valence-electron chi connectivity index (χ0n) is 16.6. The van der Waals surface area contributed by atoms with Crippen LogP contribution in [0.15, 0.2) is 23.1 Å². The van der Waals surface area contributed by atoms with E-state index in [4.69, 9.17) is 16.3 Å². The van der Waals surface area contributed by atoms with Crippen molar-refractivity contribution in [3.63, 3.8) is 0 Å². The van der Waals surface area contributed by atoms with Gasteiger partial charge in [-0.2, -0.15) is 4.31 Å². The van der Waals surface area contributed by atoms with Crippen LogP contribution in [0, 0.1) is 5.92 Å². The van der Waals surface area contributed by atoms with Crippen LogP contribution in [-0.4, -0.2) is 62.3 Å². The molecule has 9 heteroatoms. The maximum absolute atomic E-state index is 12.9. The number of sulfonamides is 1. The van der Waals surface area contributed by atoms with Gasteiger partial charge in [0.2, 0.25) is 10.0 Å². The molecule has 1 unspecified atom stereocenters. The van der Waals surface area contributed by atoms with Crippen LogP contribution in [0.1, 0.15) is 49.4 Å². The Morgan fingerprint density at radius 3 is 2.55 bits per heavy atom. The number of hydrogen-bond donors (Lipinski definition) is 0. The van der Waals surface area contributed by atoms with E-state index < -0.39 is 16.0 Å². The number of likely N-dealkylation sites (tertiary alicyclic amines) is 1. The maximum atomic E-state index is 12.9. The van der Waals surface area contributed by atoms with E-state index in [0.29, 0.717) is 32.1 Å². The largest absolute Gasteiger partial charge is 0.452 e. The Labute approximate surface area is 177 Å². The van der Waals surface area contributed by atoms with Crippen LogP contribution in [0.2, 0.25) is 5.02 Å². The molecule has 1 amide bonds. The second-order valence-electron chi connectivity index (χ2n) is 7.77. The average molecular weight is 443 g/mol. The lowest BCUT2D eigenvalue weighted by Gasteiger charge is -2.30. The Balaban J connectivity index is 1.68. The van der Waals surface area contributed by atoms with Crippen LogP contribution in [0.25, 0.3) is 0 Å². The van der Waals surface area contributed by atoms with Gasteiger partial charge in [0.15, 0.2) is 6.61 Å². The molecular weight excluding hydrogens is 416 g/mol. The van der Waals surface area contributed by atoms with E-state index in [1.54, 1.807) is 4.90 Å². The first-order chi connectivity index (χ1) is 13.8. The van der Waals surface area contributed by atoms with E-state index in [9.17, 15) is 18.0 Å². The van der Waals surface area contributed by atoms with Crippen LogP contribution < -0.4 is 0 Å². The highest BCUT2D eigenvalue weighted by Crippen LogP contribution is 2.28. The first-order valence-electron chi connectivity index (χ1n) is 10.0. The van der Waals surface area contributed by atoms with E-state index in [0.717, 1.165) is 32.1 Å². The van der Waals surface area contributed by atoms with Crippen molar-refractivity contribution in [2.24, 2.45) is 5.92 Å². The van der Waals surface area contributed by atoms with E-state index in [1.165, 1.54) is 22.5 Å². The molecule has 160 valence electrons. The minimum Gasteiger partial charge on any atom is -0.452 e. The van der Waals surface area contributed by atoms with Crippen molar-refractivity contribution in [2.45, 2.75) is 43.9 Å². The third-order valence-electron chi connectivity index (χ3n) is 5.44. The highest BCUT2D eigenvalue weighted by molar-refractivity contribution is 7.89. The molecule has 0 radical (unpaired) electrons. The van der Waals surface area contributed by atoms with Gasteiger partial charge < -0.3 is 9.64 Å². The summed E-state index contributed by atoms with van der Waals surface area (Å²) in [4.78, 5) is 26.3. The zero-order valence-corrected chi connectivity index (χ0v) is 18.2. The van der Waals surface area contributed by atoms with Gasteiger partial charge in [0.05, 0.1) is 10.6 Å². The van der Waals surface area contributed by atoms with E-state index in [2.05, 4.69) is 6.92 Å². The minimum atomic E-state index is -3.78. The van der Waals surface area contributed by atoms with Gasteiger partial charge in [0.1, 0.15) is 4.90 Å². The summed E-state index contributed by atoms with van der Waals surface area (Å²) in [7, 11) is -3.78. The lowest BCUT2D eigenvalue weighted by Crippen LogP contribution is -2.41. The van der Waals surface area contributed by atoms with Crippen molar-refractivity contribution in [3.05, 3.63) is 28.8 Å². The lowest BCUT2D eigenvalue weighted by molar-refractivity contribution is -0.136. The van der Waals surface area contributed by atoms with E-state index in [-0.39, 0.29) is 28.0 Å². The molecule has 2 fully saturated rings. The van der Waals surface area contributed by atoms with Crippen LogP contribution in [-0.2, 0) is 19.6 Å². The normalized spacial score (nSPS) is 21.0. The van der Waals surface area contributed by atoms with Crippen LogP contribution >= 0.6 is 11.6 Å². The molecule has 1 aromatic carbocycles. The second kappa shape index (κ2) is 9.45. The molecule has 29 heavy (non-hydrogen) atoms. The standard InChI is InChI=1S/C20H27ClN2O5S/c1-15-6-5-9-22(13-15)19(24)14-28-20(25)16-7-8-17(21)18(12-16)29(26,27)23-10-3-2-4-11-23/h7-8,12,15H,2-6,9-11,13-14H2,1H3. The molecular formula is C20H27ClN2O5S. The Bertz CT molecular complexity index is 868. The highest BCUT2D eigenvalue weighted by Gasteiger charge is 2.29. The minimum absolute atomic E-state index is 0.0600. The summed E-state index contributed by atoms with van der Waals surface area (Å²) < 4.78 is 32.4. The molecule has 1 atom stereocenters. The molecule has 2 saturated heterocycles. The number of hydrogen-bond acceptors (Lipinski definition) is 5. The first kappa shape index (κ1) is 22.1. The summed E-state index contributed by atoms with van der Waals surface area (Å²) >= 11 is 6.13. The smallest absolute Gasteiger partial charge is 0.338 e. The van der Waals surface area contributed by atoms with Crippen molar-refractivity contribution in [1.29, 1.82) is 0 Å². The molecule has 0 N–H and O–H groups in total. The number of amides is 1. The number of halogens is 1. The lowest BCUT2D eigenvalue weighted by atomic mass is 10.0. The fourth-order valence-electron chi connectivity index (χ4n) is 3.79. The number of carbonyl (C=O) groups excluding carboxylic acids is 2. The van der Waals surface area contributed by atoms with Crippen LogP contribution in [0.3, 0.4) is 0 Å². The van der Waals surface area contributed by atoms with Crippen LogP contribution in [0.5, 0.6) is 0 Å². The van der Waals surface area contributed by atoms with Crippen molar-refractivity contribution >= 4 is 33.5 Å². The molecule has 0 spiro atoms. The number of piperidine rings is 2. The SMILES string of the molecule is CC1CCCN(C(=O)COC(=O)c2ccc(Cl)c(S(=O)(=O)N3CCCCC3)c2)C1. The summed E-state index contributed by atoms with van der Waals surface area (Å²) in [5, 5.41) is 0.0607. The molecule has 0 saturated carbocycles. The molecule has 0 aliphatic carbocycles. The number of ether oxygens (including phenoxy) is 1. The zero-order chi connectivity index (χ0) is 21.0. The average Bonchev–Trinajstić information content (AvgIpc) is 2.72. The Morgan fingerprint density at radius 2 is 1.86 bits per heavy atom. The third kappa shape index (κ3) is 5.29. The number of carbonyl (C=O) groups is 2. The molecule has 2 aliphatic rings. The van der Waals surface area contributed by atoms with Gasteiger partial charge in [0.25, 0.3) is 5.91 Å². The summed E-state index contributed by atoms with van der Waals surface area (Å²) in [6.45, 7) is 3.94. The molecule has 2 aliphatic heterocycles. The predicted octanol–water partition coefficient (Wildman–Crippen LogP) is 2.93. The summed E-state index contributed by atoms with van der Waals surface area (Å²) in [5.74, 6) is -0.544. The van der Waals surface area contributed by atoms with Crippen molar-refractivity contribution in [1.82, 2.24) is 9.21 Å². The van der Waals surface area contributed by atoms with E-state index >= 15 is 0 Å². The van der Waals surface area contributed by atoms with Crippen molar-refractivity contribution in [3.8, 4) is 0 Å². The topological polar surface area (TPSA) is 84.0 Å². The second-order valence-corrected chi connectivity index (χ2v) is 10.1. The van der Waals surface area contributed by atoms with Crippen molar-refractivity contribution < 1.29 is 22.7 Å². The van der Waals surface area contributed by atoms with Gasteiger partial charge in [-0.3, -0.25) is 4.79 Å². The quantitative estimate of drug-likeness (QED) is 0.654. The Hall–Kier alpha value is -1.64. The van der Waals surface area contributed by atoms with Crippen LogP contribution in [0.4, 0.5) is 0 Å². The van der Waals surface area contributed by atoms with Gasteiger partial charge in [-0.05, 0) is 49.8 Å². The number of nitrogens with zero attached hydrogens (tertiary/aromatic N) is 2. The molecule has 0 aromatic heterocycles. The third-order valence-corrected chi connectivity index (χ3v) is 7.82. The van der Waals surface area contributed by atoms with Gasteiger partial charge in [-0.25, -0.2) is 13.2 Å². The molecule has 7 nitrogen and oxygen atoms in total. The maximum Gasteiger partial charge on any atom is 0.338 e. The molecule has 3 rings (SSSR count). The van der Waals surface area contributed by atoms with Crippen molar-refractivity contribution in [2.75, 3.05) is 32.8 Å². The Kier molecular flexibility index (Phi) is 7.19. The predicted molar refractivity (Wildman–Crippen MR) is 109 cm³/mol. The number of rotatable bonds is 5. The fourth-order valence-corrected chi connectivity index (χ4v) is 5.81. The number of esters is 1. The van der Waals surface area contributed by atoms with E-state index in [1.807, 2.05) is 0 Å². The van der Waals surface area contributed by atoms with Gasteiger partial charge in [0, 0.05) is 26.2 Å². The van der Waals surface area contributed by atoms with Gasteiger partial charge in [-0.15, -0.1) is 0 Å².